The Bertz CT molecular complexity index is 551. The van der Waals surface area contributed by atoms with E-state index < -0.39 is 11.5 Å². The third-order valence-electron chi connectivity index (χ3n) is 2.80. The Kier molecular flexibility index (Phi) is 4.11. The molecule has 19 heavy (non-hydrogen) atoms. The first-order valence-corrected chi connectivity index (χ1v) is 7.00. The van der Waals surface area contributed by atoms with Crippen molar-refractivity contribution >= 4 is 28.8 Å². The number of likely N-dealkylation sites (N-methyl/N-ethyl adjacent to an activating group) is 1. The van der Waals surface area contributed by atoms with Gasteiger partial charge in [0.1, 0.15) is 11.1 Å². The maximum atomic E-state index is 11.3. The van der Waals surface area contributed by atoms with Crippen LogP contribution < -0.4 is 5.32 Å². The smallest absolute Gasteiger partial charge is 0.324 e. The lowest BCUT2D eigenvalue weighted by molar-refractivity contribution is -0.143. The summed E-state index contributed by atoms with van der Waals surface area (Å²) in [7, 11) is 0. The lowest BCUT2D eigenvalue weighted by Crippen LogP contribution is -2.51. The summed E-state index contributed by atoms with van der Waals surface area (Å²) in [6, 6.07) is 7.47. The predicted molar refractivity (Wildman–Crippen MR) is 74.5 cm³/mol. The first kappa shape index (κ1) is 13.9. The highest BCUT2D eigenvalue weighted by Gasteiger charge is 2.32. The fraction of sp³-hybridized carbons (Fsp3) is 0.385. The van der Waals surface area contributed by atoms with Crippen LogP contribution >= 0.6 is 11.8 Å². The van der Waals surface area contributed by atoms with E-state index in [-0.39, 0.29) is 0 Å². The van der Waals surface area contributed by atoms with E-state index in [1.165, 1.54) is 11.8 Å². The quantitative estimate of drug-likeness (QED) is 0.791. The molecule has 1 aromatic heterocycles. The van der Waals surface area contributed by atoms with Crippen LogP contribution in [0.1, 0.15) is 13.8 Å². The maximum Gasteiger partial charge on any atom is 0.324 e. The van der Waals surface area contributed by atoms with Gasteiger partial charge in [0.25, 0.3) is 5.22 Å². The summed E-state index contributed by atoms with van der Waals surface area (Å²) in [5.41, 5.74) is 0.510. The van der Waals surface area contributed by atoms with Crippen LogP contribution in [0.2, 0.25) is 0 Å². The molecule has 1 heterocycles. The number of aliphatic carboxylic acids is 1. The van der Waals surface area contributed by atoms with Crippen LogP contribution in [0.15, 0.2) is 33.9 Å². The first-order valence-electron chi connectivity index (χ1n) is 6.02. The van der Waals surface area contributed by atoms with Gasteiger partial charge in [-0.2, -0.15) is 0 Å². The Morgan fingerprint density at radius 3 is 2.89 bits per heavy atom. The molecule has 2 rings (SSSR count). The SMILES string of the molecule is CCNC(C)(CSc1nc2ccccc2o1)C(=O)O. The molecule has 6 heteroatoms. The third kappa shape index (κ3) is 3.08. The van der Waals surface area contributed by atoms with Gasteiger partial charge in [-0.25, -0.2) is 4.98 Å². The van der Waals surface area contributed by atoms with E-state index in [9.17, 15) is 9.90 Å². The Morgan fingerprint density at radius 2 is 2.26 bits per heavy atom. The number of nitrogens with one attached hydrogen (secondary N) is 1. The van der Waals surface area contributed by atoms with Crippen molar-refractivity contribution in [2.24, 2.45) is 0 Å². The summed E-state index contributed by atoms with van der Waals surface area (Å²) in [6.07, 6.45) is 0. The fourth-order valence-electron chi connectivity index (χ4n) is 1.70. The van der Waals surface area contributed by atoms with Crippen molar-refractivity contribution in [2.45, 2.75) is 24.6 Å². The molecular formula is C13H16N2O3S. The molecule has 2 N–H and O–H groups in total. The van der Waals surface area contributed by atoms with Gasteiger partial charge in [0.15, 0.2) is 5.58 Å². The Labute approximate surface area is 115 Å². The van der Waals surface area contributed by atoms with Gasteiger partial charge >= 0.3 is 5.97 Å². The van der Waals surface area contributed by atoms with Crippen LogP contribution in [0.3, 0.4) is 0 Å². The summed E-state index contributed by atoms with van der Waals surface area (Å²) in [6.45, 7) is 4.14. The van der Waals surface area contributed by atoms with Crippen LogP contribution in [0.25, 0.3) is 11.1 Å². The Morgan fingerprint density at radius 1 is 1.53 bits per heavy atom. The van der Waals surface area contributed by atoms with Crippen molar-refractivity contribution < 1.29 is 14.3 Å². The van der Waals surface area contributed by atoms with Gasteiger partial charge in [0, 0.05) is 5.75 Å². The number of aromatic nitrogens is 1. The van der Waals surface area contributed by atoms with Gasteiger partial charge in [-0.05, 0) is 25.6 Å². The van der Waals surface area contributed by atoms with Crippen molar-refractivity contribution in [2.75, 3.05) is 12.3 Å². The number of carboxylic acid groups (broad SMARTS) is 1. The monoisotopic (exact) mass is 280 g/mol. The highest BCUT2D eigenvalue weighted by molar-refractivity contribution is 7.99. The standard InChI is InChI=1S/C13H16N2O3S/c1-3-14-13(2,11(16)17)8-19-12-15-9-6-4-5-7-10(9)18-12/h4-7,14H,3,8H2,1-2H3,(H,16,17). The molecule has 102 valence electrons. The van der Waals surface area contributed by atoms with E-state index in [1.807, 2.05) is 31.2 Å². The van der Waals surface area contributed by atoms with Crippen molar-refractivity contribution in [3.63, 3.8) is 0 Å². The molecular weight excluding hydrogens is 264 g/mol. The van der Waals surface area contributed by atoms with Crippen LogP contribution in [-0.2, 0) is 4.79 Å². The number of benzene rings is 1. The van der Waals surface area contributed by atoms with Gasteiger partial charge in [0.2, 0.25) is 0 Å². The molecule has 0 saturated carbocycles. The minimum Gasteiger partial charge on any atom is -0.480 e. The second-order valence-corrected chi connectivity index (χ2v) is 5.33. The minimum absolute atomic E-state index is 0.350. The fourth-order valence-corrected chi connectivity index (χ4v) is 2.65. The number of rotatable bonds is 6. The van der Waals surface area contributed by atoms with Crippen LogP contribution in [-0.4, -0.2) is 33.9 Å². The molecule has 1 unspecified atom stereocenters. The second-order valence-electron chi connectivity index (χ2n) is 4.40. The van der Waals surface area contributed by atoms with Gasteiger partial charge in [-0.15, -0.1) is 0 Å². The number of oxazole rings is 1. The molecule has 5 nitrogen and oxygen atoms in total. The van der Waals surface area contributed by atoms with Gasteiger partial charge < -0.3 is 14.8 Å². The van der Waals surface area contributed by atoms with E-state index in [4.69, 9.17) is 4.42 Å². The van der Waals surface area contributed by atoms with Crippen LogP contribution in [0.5, 0.6) is 0 Å². The average molecular weight is 280 g/mol. The van der Waals surface area contributed by atoms with E-state index in [2.05, 4.69) is 10.3 Å². The molecule has 1 atom stereocenters. The van der Waals surface area contributed by atoms with Crippen LogP contribution in [0, 0.1) is 0 Å². The summed E-state index contributed by atoms with van der Waals surface area (Å²) in [5.74, 6) is -0.527. The molecule has 0 radical (unpaired) electrons. The first-order chi connectivity index (χ1) is 9.05. The van der Waals surface area contributed by atoms with E-state index in [0.717, 1.165) is 5.52 Å². The summed E-state index contributed by atoms with van der Waals surface area (Å²) in [5, 5.41) is 12.7. The number of carboxylic acids is 1. The highest BCUT2D eigenvalue weighted by atomic mass is 32.2. The number of para-hydroxylation sites is 2. The molecule has 0 aliphatic carbocycles. The number of nitrogens with zero attached hydrogens (tertiary/aromatic N) is 1. The molecule has 2 aromatic rings. The lowest BCUT2D eigenvalue weighted by Gasteiger charge is -2.24. The number of hydrogen-bond acceptors (Lipinski definition) is 5. The van der Waals surface area contributed by atoms with Crippen molar-refractivity contribution in [1.29, 1.82) is 0 Å². The molecule has 0 amide bonds. The van der Waals surface area contributed by atoms with Crippen molar-refractivity contribution in [3.8, 4) is 0 Å². The minimum atomic E-state index is -0.986. The van der Waals surface area contributed by atoms with Gasteiger partial charge in [-0.1, -0.05) is 30.8 Å². The summed E-state index contributed by atoms with van der Waals surface area (Å²) in [4.78, 5) is 15.6. The van der Waals surface area contributed by atoms with Crippen molar-refractivity contribution in [3.05, 3.63) is 24.3 Å². The Hall–Kier alpha value is -1.53. The zero-order valence-corrected chi connectivity index (χ0v) is 11.7. The number of fused-ring (bicyclic) bond motifs is 1. The molecule has 0 aliphatic heterocycles. The summed E-state index contributed by atoms with van der Waals surface area (Å²) < 4.78 is 5.55. The third-order valence-corrected chi connectivity index (χ3v) is 3.94. The lowest BCUT2D eigenvalue weighted by atomic mass is 10.1. The van der Waals surface area contributed by atoms with Crippen molar-refractivity contribution in [1.82, 2.24) is 10.3 Å². The number of carbonyl (C=O) groups is 1. The molecule has 0 fully saturated rings. The largest absolute Gasteiger partial charge is 0.480 e. The molecule has 0 aliphatic rings. The topological polar surface area (TPSA) is 75.4 Å². The zero-order chi connectivity index (χ0) is 13.9. The average Bonchev–Trinajstić information content (AvgIpc) is 2.79. The highest BCUT2D eigenvalue weighted by Crippen LogP contribution is 2.26. The molecule has 0 bridgehead atoms. The molecule has 0 saturated heterocycles. The normalized spacial score (nSPS) is 14.4. The predicted octanol–water partition coefficient (Wildman–Crippen LogP) is 2.37. The maximum absolute atomic E-state index is 11.3. The van der Waals surface area contributed by atoms with Gasteiger partial charge in [0.05, 0.1) is 0 Å². The molecule has 0 spiro atoms. The Balaban J connectivity index is 2.10. The van der Waals surface area contributed by atoms with Crippen LogP contribution in [0.4, 0.5) is 0 Å². The van der Waals surface area contributed by atoms with E-state index in [0.29, 0.717) is 23.1 Å². The van der Waals surface area contributed by atoms with E-state index >= 15 is 0 Å². The number of thioether (sulfide) groups is 1. The second kappa shape index (κ2) is 5.63. The molecule has 1 aromatic carbocycles. The van der Waals surface area contributed by atoms with E-state index in [1.54, 1.807) is 6.92 Å². The number of hydrogen-bond donors (Lipinski definition) is 2. The zero-order valence-electron chi connectivity index (χ0n) is 10.8. The summed E-state index contributed by atoms with van der Waals surface area (Å²) >= 11 is 1.30. The van der Waals surface area contributed by atoms with Gasteiger partial charge in [-0.3, -0.25) is 4.79 Å².